The number of hydrogen-bond acceptors (Lipinski definition) is 8. The maximum Gasteiger partial charge on any atom is 0.329 e. The molecular weight excluding hydrogens is 402 g/mol. The van der Waals surface area contributed by atoms with Gasteiger partial charge in [-0.25, -0.2) is 9.78 Å². The molecule has 142 valence electrons. The molecule has 1 N–H and O–H groups in total. The molecule has 0 bridgehead atoms. The van der Waals surface area contributed by atoms with Crippen LogP contribution in [0.2, 0.25) is 0 Å². The quantitative estimate of drug-likeness (QED) is 0.482. The zero-order valence-electron chi connectivity index (χ0n) is 14.3. The van der Waals surface area contributed by atoms with E-state index in [9.17, 15) is 14.9 Å². The minimum atomic E-state index is -0.925. The molecule has 0 fully saturated rings. The van der Waals surface area contributed by atoms with Gasteiger partial charge in [0.05, 0.1) is 15.1 Å². The van der Waals surface area contributed by atoms with Crippen molar-refractivity contribution in [3.8, 4) is 5.75 Å². The number of hydrogen-bond donors (Lipinski definition) is 1. The van der Waals surface area contributed by atoms with E-state index >= 15 is 0 Å². The van der Waals surface area contributed by atoms with E-state index in [2.05, 4.69) is 9.98 Å². The SMILES string of the molecule is O=C(O)[C@H]1CSC(c2nc3ccc(OCc4ccc([N+](=O)[O-])cc4)cc3s2)=N1. The summed E-state index contributed by atoms with van der Waals surface area (Å²) in [7, 11) is 0. The summed E-state index contributed by atoms with van der Waals surface area (Å²) in [5.41, 5.74) is 1.66. The van der Waals surface area contributed by atoms with Crippen molar-refractivity contribution in [1.82, 2.24) is 4.98 Å². The van der Waals surface area contributed by atoms with Gasteiger partial charge in [-0.2, -0.15) is 0 Å². The number of aliphatic carboxylic acids is 1. The minimum Gasteiger partial charge on any atom is -0.489 e. The van der Waals surface area contributed by atoms with Gasteiger partial charge in [0.2, 0.25) is 0 Å². The fourth-order valence-corrected chi connectivity index (χ4v) is 4.68. The van der Waals surface area contributed by atoms with Crippen LogP contribution in [0.4, 0.5) is 5.69 Å². The van der Waals surface area contributed by atoms with Crippen LogP contribution < -0.4 is 4.74 Å². The molecule has 0 amide bonds. The molecule has 2 aromatic carbocycles. The lowest BCUT2D eigenvalue weighted by Gasteiger charge is -2.06. The number of carboxylic acids is 1. The van der Waals surface area contributed by atoms with Gasteiger partial charge in [0.25, 0.3) is 5.69 Å². The molecule has 28 heavy (non-hydrogen) atoms. The molecule has 0 radical (unpaired) electrons. The molecule has 3 aromatic rings. The first-order chi connectivity index (χ1) is 13.5. The number of carbonyl (C=O) groups is 1. The highest BCUT2D eigenvalue weighted by molar-refractivity contribution is 8.15. The van der Waals surface area contributed by atoms with Crippen molar-refractivity contribution in [3.05, 3.63) is 63.1 Å². The van der Waals surface area contributed by atoms with E-state index in [0.717, 1.165) is 15.8 Å². The fraction of sp³-hybridized carbons (Fsp3) is 0.167. The number of rotatable bonds is 6. The van der Waals surface area contributed by atoms with Gasteiger partial charge in [0, 0.05) is 17.9 Å². The maximum absolute atomic E-state index is 11.0. The molecular formula is C18H13N3O5S2. The normalized spacial score (nSPS) is 16.1. The molecule has 0 saturated carbocycles. The number of aliphatic imine (C=N–C) groups is 1. The Hall–Kier alpha value is -2.98. The molecule has 0 saturated heterocycles. The summed E-state index contributed by atoms with van der Waals surface area (Å²) < 4.78 is 6.69. The lowest BCUT2D eigenvalue weighted by atomic mass is 10.2. The standard InChI is InChI=1S/C18H13N3O5S2/c22-18(23)14-9-27-16(20-14)17-19-13-6-5-12(7-15(13)28-17)26-8-10-1-3-11(4-2-10)21(24)25/h1-7,14H,8-9H2,(H,22,23)/t14-/m1/s1. The predicted molar refractivity (Wildman–Crippen MR) is 107 cm³/mol. The number of ether oxygens (including phenoxy) is 1. The first kappa shape index (κ1) is 18.4. The topological polar surface area (TPSA) is 115 Å². The zero-order chi connectivity index (χ0) is 19.7. The zero-order valence-corrected chi connectivity index (χ0v) is 15.9. The van der Waals surface area contributed by atoms with Crippen LogP contribution in [0.5, 0.6) is 5.75 Å². The molecule has 0 aliphatic carbocycles. The Morgan fingerprint density at radius 2 is 2.07 bits per heavy atom. The summed E-state index contributed by atoms with van der Waals surface area (Å²) in [6, 6.07) is 11.0. The maximum atomic E-state index is 11.0. The molecule has 2 heterocycles. The van der Waals surface area contributed by atoms with Crippen molar-refractivity contribution in [2.24, 2.45) is 4.99 Å². The molecule has 1 aromatic heterocycles. The minimum absolute atomic E-state index is 0.0418. The van der Waals surface area contributed by atoms with E-state index in [4.69, 9.17) is 9.84 Å². The third-order valence-electron chi connectivity index (χ3n) is 4.03. The molecule has 1 aliphatic heterocycles. The second-order valence-corrected chi connectivity index (χ2v) is 8.00. The van der Waals surface area contributed by atoms with Crippen LogP contribution in [-0.2, 0) is 11.4 Å². The van der Waals surface area contributed by atoms with E-state index in [-0.39, 0.29) is 12.3 Å². The van der Waals surface area contributed by atoms with Crippen LogP contribution in [-0.4, -0.2) is 37.8 Å². The van der Waals surface area contributed by atoms with Crippen molar-refractivity contribution in [3.63, 3.8) is 0 Å². The van der Waals surface area contributed by atoms with Crippen LogP contribution in [0.25, 0.3) is 10.2 Å². The van der Waals surface area contributed by atoms with E-state index < -0.39 is 16.9 Å². The Bertz CT molecular complexity index is 1090. The first-order valence-corrected chi connectivity index (χ1v) is 10.0. The van der Waals surface area contributed by atoms with E-state index in [1.165, 1.54) is 35.2 Å². The van der Waals surface area contributed by atoms with E-state index in [1.807, 2.05) is 12.1 Å². The van der Waals surface area contributed by atoms with Crippen LogP contribution >= 0.6 is 23.1 Å². The molecule has 10 heteroatoms. The first-order valence-electron chi connectivity index (χ1n) is 8.20. The number of carboxylic acid groups (broad SMARTS) is 1. The van der Waals surface area contributed by atoms with Gasteiger partial charge in [-0.1, -0.05) is 0 Å². The van der Waals surface area contributed by atoms with Gasteiger partial charge in [-0.05, 0) is 35.9 Å². The molecule has 0 unspecified atom stereocenters. The van der Waals surface area contributed by atoms with Crippen LogP contribution in [0.3, 0.4) is 0 Å². The Balaban J connectivity index is 1.48. The number of nitro benzene ring substituents is 1. The highest BCUT2D eigenvalue weighted by atomic mass is 32.2. The number of thioether (sulfide) groups is 1. The summed E-state index contributed by atoms with van der Waals surface area (Å²) in [6.07, 6.45) is 0. The van der Waals surface area contributed by atoms with Gasteiger partial charge in [-0.3, -0.25) is 15.1 Å². The Kier molecular flexibility index (Phi) is 4.97. The largest absolute Gasteiger partial charge is 0.489 e. The average molecular weight is 415 g/mol. The predicted octanol–water partition coefficient (Wildman–Crippen LogP) is 3.73. The Morgan fingerprint density at radius 3 is 2.75 bits per heavy atom. The molecule has 0 spiro atoms. The van der Waals surface area contributed by atoms with Gasteiger partial charge in [-0.15, -0.1) is 23.1 Å². The van der Waals surface area contributed by atoms with Crippen LogP contribution in [0.15, 0.2) is 47.5 Å². The van der Waals surface area contributed by atoms with Gasteiger partial charge in [0.1, 0.15) is 22.4 Å². The smallest absolute Gasteiger partial charge is 0.329 e. The van der Waals surface area contributed by atoms with E-state index in [1.54, 1.807) is 18.2 Å². The molecule has 1 aliphatic rings. The lowest BCUT2D eigenvalue weighted by Crippen LogP contribution is -2.17. The Morgan fingerprint density at radius 1 is 1.29 bits per heavy atom. The summed E-state index contributed by atoms with van der Waals surface area (Å²) in [5, 5.41) is 21.1. The highest BCUT2D eigenvalue weighted by Gasteiger charge is 2.26. The van der Waals surface area contributed by atoms with Crippen molar-refractivity contribution in [2.75, 3.05) is 5.75 Å². The van der Waals surface area contributed by atoms with Crippen molar-refractivity contribution >= 4 is 50.0 Å². The monoisotopic (exact) mass is 415 g/mol. The van der Waals surface area contributed by atoms with E-state index in [0.29, 0.717) is 21.6 Å². The van der Waals surface area contributed by atoms with Gasteiger partial charge in [0.15, 0.2) is 6.04 Å². The summed E-state index contributed by atoms with van der Waals surface area (Å²) in [5.74, 6) is 0.153. The third-order valence-corrected chi connectivity index (χ3v) is 6.24. The summed E-state index contributed by atoms with van der Waals surface area (Å²) in [4.78, 5) is 30.1. The number of nitrogens with zero attached hydrogens (tertiary/aromatic N) is 3. The highest BCUT2D eigenvalue weighted by Crippen LogP contribution is 2.32. The number of fused-ring (bicyclic) bond motifs is 1. The van der Waals surface area contributed by atoms with Crippen molar-refractivity contribution < 1.29 is 19.6 Å². The van der Waals surface area contributed by atoms with Crippen molar-refractivity contribution in [1.29, 1.82) is 0 Å². The lowest BCUT2D eigenvalue weighted by molar-refractivity contribution is -0.384. The van der Waals surface area contributed by atoms with Crippen LogP contribution in [0, 0.1) is 10.1 Å². The molecule has 1 atom stereocenters. The Labute approximate surface area is 167 Å². The summed E-state index contributed by atoms with van der Waals surface area (Å²) >= 11 is 2.84. The number of thiazole rings is 1. The number of nitro groups is 1. The third kappa shape index (κ3) is 3.82. The van der Waals surface area contributed by atoms with Crippen molar-refractivity contribution in [2.45, 2.75) is 12.6 Å². The number of benzene rings is 2. The van der Waals surface area contributed by atoms with Crippen LogP contribution in [0.1, 0.15) is 10.6 Å². The summed E-state index contributed by atoms with van der Waals surface area (Å²) in [6.45, 7) is 0.290. The fourth-order valence-electron chi connectivity index (χ4n) is 2.58. The molecule has 4 rings (SSSR count). The second kappa shape index (κ2) is 7.56. The number of aromatic nitrogens is 1. The van der Waals surface area contributed by atoms with Gasteiger partial charge < -0.3 is 9.84 Å². The molecule has 8 nitrogen and oxygen atoms in total. The second-order valence-electron chi connectivity index (χ2n) is 5.96. The average Bonchev–Trinajstić information content (AvgIpc) is 3.33. The number of non-ortho nitro benzene ring substituents is 1. The van der Waals surface area contributed by atoms with Gasteiger partial charge >= 0.3 is 5.97 Å².